The standard InChI is InChI=1S/C20H23IN2O4S/c1-2-27-18-9-11-19(12-10-18)28(25,26)23-13-3-4-15(14-23)20(24)22-17-7-5-16(21)6-8-17/h5-12,15H,2-4,13-14H2,1H3,(H,22,24)/t15-/m1/s1. The molecule has 1 N–H and O–H groups in total. The number of carbonyl (C=O) groups is 1. The lowest BCUT2D eigenvalue weighted by Crippen LogP contribution is -2.43. The Kier molecular flexibility index (Phi) is 6.95. The number of sulfonamides is 1. The van der Waals surface area contributed by atoms with Crippen LogP contribution in [0.2, 0.25) is 0 Å². The molecule has 2 aromatic carbocycles. The molecule has 0 saturated carbocycles. The first kappa shape index (κ1) is 21.1. The van der Waals surface area contributed by atoms with Crippen molar-refractivity contribution in [2.24, 2.45) is 5.92 Å². The Balaban J connectivity index is 1.69. The molecule has 0 bridgehead atoms. The fraction of sp³-hybridized carbons (Fsp3) is 0.350. The van der Waals surface area contributed by atoms with Gasteiger partial charge in [0.15, 0.2) is 0 Å². The van der Waals surface area contributed by atoms with Crippen molar-refractivity contribution >= 4 is 44.2 Å². The second kappa shape index (κ2) is 9.23. The van der Waals surface area contributed by atoms with Gasteiger partial charge in [0.1, 0.15) is 5.75 Å². The molecule has 150 valence electrons. The maximum atomic E-state index is 13.0. The molecule has 1 fully saturated rings. The van der Waals surface area contributed by atoms with Crippen LogP contribution in [0.15, 0.2) is 53.4 Å². The van der Waals surface area contributed by atoms with Crippen LogP contribution in [0.5, 0.6) is 5.75 Å². The number of piperidine rings is 1. The van der Waals surface area contributed by atoms with E-state index >= 15 is 0 Å². The predicted octanol–water partition coefficient (Wildman–Crippen LogP) is 3.73. The molecule has 3 rings (SSSR count). The number of ether oxygens (including phenoxy) is 1. The quantitative estimate of drug-likeness (QED) is 0.597. The normalized spacial score (nSPS) is 17.9. The number of carbonyl (C=O) groups excluding carboxylic acids is 1. The maximum Gasteiger partial charge on any atom is 0.243 e. The van der Waals surface area contributed by atoms with E-state index in [4.69, 9.17) is 4.74 Å². The van der Waals surface area contributed by atoms with Gasteiger partial charge in [0.2, 0.25) is 15.9 Å². The zero-order valence-corrected chi connectivity index (χ0v) is 18.6. The highest BCUT2D eigenvalue weighted by Gasteiger charge is 2.33. The van der Waals surface area contributed by atoms with E-state index in [1.54, 1.807) is 24.3 Å². The molecule has 1 saturated heterocycles. The van der Waals surface area contributed by atoms with Crippen LogP contribution in [-0.2, 0) is 14.8 Å². The molecule has 8 heteroatoms. The molecule has 1 amide bonds. The summed E-state index contributed by atoms with van der Waals surface area (Å²) in [5, 5.41) is 2.89. The van der Waals surface area contributed by atoms with Crippen molar-refractivity contribution < 1.29 is 17.9 Å². The van der Waals surface area contributed by atoms with Gasteiger partial charge >= 0.3 is 0 Å². The number of nitrogens with one attached hydrogen (secondary N) is 1. The third kappa shape index (κ3) is 5.03. The van der Waals surface area contributed by atoms with E-state index in [9.17, 15) is 13.2 Å². The van der Waals surface area contributed by atoms with E-state index < -0.39 is 10.0 Å². The molecule has 0 radical (unpaired) electrons. The SMILES string of the molecule is CCOc1ccc(S(=O)(=O)N2CCC[C@@H](C(=O)Nc3ccc(I)cc3)C2)cc1. The minimum absolute atomic E-state index is 0.146. The molecule has 1 heterocycles. The number of nitrogens with zero attached hydrogens (tertiary/aromatic N) is 1. The van der Waals surface area contributed by atoms with Gasteiger partial charge in [-0.25, -0.2) is 8.42 Å². The molecule has 1 aliphatic heterocycles. The van der Waals surface area contributed by atoms with Crippen molar-refractivity contribution in [3.05, 3.63) is 52.1 Å². The van der Waals surface area contributed by atoms with Crippen LogP contribution < -0.4 is 10.1 Å². The van der Waals surface area contributed by atoms with Crippen molar-refractivity contribution in [3.8, 4) is 5.75 Å². The molecule has 0 aliphatic carbocycles. The zero-order valence-electron chi connectivity index (χ0n) is 15.6. The number of halogens is 1. The van der Waals surface area contributed by atoms with Gasteiger partial charge in [0, 0.05) is 22.3 Å². The van der Waals surface area contributed by atoms with Crippen LogP contribution in [0.1, 0.15) is 19.8 Å². The Hall–Kier alpha value is -1.65. The van der Waals surface area contributed by atoms with Gasteiger partial charge in [-0.3, -0.25) is 4.79 Å². The molecule has 2 aromatic rings. The summed E-state index contributed by atoms with van der Waals surface area (Å²) in [4.78, 5) is 12.8. The summed E-state index contributed by atoms with van der Waals surface area (Å²) >= 11 is 2.20. The lowest BCUT2D eigenvalue weighted by molar-refractivity contribution is -0.120. The van der Waals surface area contributed by atoms with Crippen LogP contribution in [0.4, 0.5) is 5.69 Å². The first-order chi connectivity index (χ1) is 13.4. The highest BCUT2D eigenvalue weighted by atomic mass is 127. The highest BCUT2D eigenvalue weighted by molar-refractivity contribution is 14.1. The van der Waals surface area contributed by atoms with Gasteiger partial charge < -0.3 is 10.1 Å². The van der Waals surface area contributed by atoms with Crippen LogP contribution in [0.25, 0.3) is 0 Å². The monoisotopic (exact) mass is 514 g/mol. The second-order valence-corrected chi connectivity index (χ2v) is 9.79. The summed E-state index contributed by atoms with van der Waals surface area (Å²) in [7, 11) is -3.64. The number of rotatable bonds is 6. The summed E-state index contributed by atoms with van der Waals surface area (Å²) in [5.74, 6) is 0.119. The van der Waals surface area contributed by atoms with Gasteiger partial charge in [0.05, 0.1) is 17.4 Å². The van der Waals surface area contributed by atoms with Crippen molar-refractivity contribution in [2.45, 2.75) is 24.7 Å². The lowest BCUT2D eigenvalue weighted by Gasteiger charge is -2.31. The van der Waals surface area contributed by atoms with E-state index in [0.717, 1.165) is 9.26 Å². The Morgan fingerprint density at radius 2 is 1.86 bits per heavy atom. The molecule has 0 unspecified atom stereocenters. The predicted molar refractivity (Wildman–Crippen MR) is 117 cm³/mol. The summed E-state index contributed by atoms with van der Waals surface area (Å²) < 4.78 is 33.8. The molecule has 28 heavy (non-hydrogen) atoms. The lowest BCUT2D eigenvalue weighted by atomic mass is 9.99. The van der Waals surface area contributed by atoms with Crippen LogP contribution in [0.3, 0.4) is 0 Å². The molecule has 1 aliphatic rings. The molecular formula is C20H23IN2O4S. The molecule has 0 aromatic heterocycles. The summed E-state index contributed by atoms with van der Waals surface area (Å²) in [5.41, 5.74) is 0.719. The number of amides is 1. The molecule has 0 spiro atoms. The Labute approximate surface area is 179 Å². The Morgan fingerprint density at radius 1 is 1.18 bits per heavy atom. The summed E-state index contributed by atoms with van der Waals surface area (Å²) in [6, 6.07) is 13.9. The van der Waals surface area contributed by atoms with Gasteiger partial charge in [0.25, 0.3) is 0 Å². The molecule has 6 nitrogen and oxygen atoms in total. The average Bonchev–Trinajstić information content (AvgIpc) is 2.70. The minimum Gasteiger partial charge on any atom is -0.494 e. The van der Waals surface area contributed by atoms with E-state index in [1.807, 2.05) is 31.2 Å². The van der Waals surface area contributed by atoms with E-state index in [-0.39, 0.29) is 23.3 Å². The van der Waals surface area contributed by atoms with Crippen molar-refractivity contribution in [1.82, 2.24) is 4.31 Å². The Morgan fingerprint density at radius 3 is 2.50 bits per heavy atom. The van der Waals surface area contributed by atoms with Crippen molar-refractivity contribution in [2.75, 3.05) is 25.0 Å². The fourth-order valence-electron chi connectivity index (χ4n) is 3.18. The highest BCUT2D eigenvalue weighted by Crippen LogP contribution is 2.26. The molecular weight excluding hydrogens is 491 g/mol. The first-order valence-corrected chi connectivity index (χ1v) is 11.7. The Bertz CT molecular complexity index is 914. The third-order valence-corrected chi connectivity index (χ3v) is 7.24. The van der Waals surface area contributed by atoms with Gasteiger partial charge in [-0.1, -0.05) is 0 Å². The largest absolute Gasteiger partial charge is 0.494 e. The second-order valence-electron chi connectivity index (χ2n) is 6.60. The van der Waals surface area contributed by atoms with E-state index in [2.05, 4.69) is 27.9 Å². The zero-order chi connectivity index (χ0) is 20.1. The maximum absolute atomic E-state index is 13.0. The third-order valence-electron chi connectivity index (χ3n) is 4.64. The number of anilines is 1. The van der Waals surface area contributed by atoms with E-state index in [0.29, 0.717) is 31.7 Å². The summed E-state index contributed by atoms with van der Waals surface area (Å²) in [6.07, 6.45) is 1.33. The van der Waals surface area contributed by atoms with Gasteiger partial charge in [-0.15, -0.1) is 0 Å². The van der Waals surface area contributed by atoms with Crippen LogP contribution >= 0.6 is 22.6 Å². The van der Waals surface area contributed by atoms with Crippen molar-refractivity contribution in [3.63, 3.8) is 0 Å². The van der Waals surface area contributed by atoms with Crippen LogP contribution in [0, 0.1) is 9.49 Å². The smallest absolute Gasteiger partial charge is 0.243 e. The van der Waals surface area contributed by atoms with E-state index in [1.165, 1.54) is 4.31 Å². The number of hydrogen-bond acceptors (Lipinski definition) is 4. The van der Waals surface area contributed by atoms with Gasteiger partial charge in [-0.2, -0.15) is 4.31 Å². The number of hydrogen-bond donors (Lipinski definition) is 1. The minimum atomic E-state index is -3.64. The average molecular weight is 514 g/mol. The van der Waals surface area contributed by atoms with Gasteiger partial charge in [-0.05, 0) is 90.9 Å². The van der Waals surface area contributed by atoms with Crippen LogP contribution in [-0.4, -0.2) is 38.3 Å². The van der Waals surface area contributed by atoms with Crippen molar-refractivity contribution in [1.29, 1.82) is 0 Å². The summed E-state index contributed by atoms with van der Waals surface area (Å²) in [6.45, 7) is 3.00. The topological polar surface area (TPSA) is 75.7 Å². The molecule has 1 atom stereocenters. The number of benzene rings is 2. The fourth-order valence-corrected chi connectivity index (χ4v) is 5.06. The first-order valence-electron chi connectivity index (χ1n) is 9.19.